The number of benzene rings is 2. The van der Waals surface area contributed by atoms with Gasteiger partial charge in [-0.3, -0.25) is 0 Å². The molecule has 2 aromatic carbocycles. The van der Waals surface area contributed by atoms with Gasteiger partial charge in [-0.25, -0.2) is 4.99 Å². The zero-order valence-electron chi connectivity index (χ0n) is 18.0. The Bertz CT molecular complexity index is 794. The Morgan fingerprint density at radius 2 is 1.73 bits per heavy atom. The lowest BCUT2D eigenvalue weighted by Crippen LogP contribution is -2.47. The van der Waals surface area contributed by atoms with E-state index in [0.29, 0.717) is 6.54 Å². The molecule has 0 aromatic heterocycles. The molecule has 2 aromatic rings. The van der Waals surface area contributed by atoms with Gasteiger partial charge in [-0.1, -0.05) is 24.3 Å². The molecule has 1 heterocycles. The molecule has 0 saturated carbocycles. The minimum Gasteiger partial charge on any atom is -0.493 e. The van der Waals surface area contributed by atoms with Crippen molar-refractivity contribution in [1.29, 1.82) is 0 Å². The normalized spacial score (nSPS) is 14.6. The number of aliphatic imine (C=N–C) groups is 1. The average molecular weight is 525 g/mol. The van der Waals surface area contributed by atoms with Crippen LogP contribution < -0.4 is 19.5 Å². The molecule has 0 unspecified atom stereocenters. The Kier molecular flexibility index (Phi) is 10.1. The van der Waals surface area contributed by atoms with Crippen molar-refractivity contribution in [3.05, 3.63) is 54.1 Å². The molecule has 0 radical (unpaired) electrons. The first-order valence-corrected chi connectivity index (χ1v) is 10.2. The molecule has 0 bridgehead atoms. The van der Waals surface area contributed by atoms with E-state index in [-0.39, 0.29) is 30.1 Å². The van der Waals surface area contributed by atoms with E-state index in [1.165, 1.54) is 0 Å². The zero-order chi connectivity index (χ0) is 20.5. The summed E-state index contributed by atoms with van der Waals surface area (Å²) in [5.41, 5.74) is 1.08. The van der Waals surface area contributed by atoms with Gasteiger partial charge in [0, 0.05) is 32.5 Å². The number of nitrogens with one attached hydrogen (secondary N) is 1. The molecule has 30 heavy (non-hydrogen) atoms. The van der Waals surface area contributed by atoms with Crippen LogP contribution in [0.1, 0.15) is 25.3 Å². The summed E-state index contributed by atoms with van der Waals surface area (Å²) in [5, 5.41) is 3.42. The molecule has 7 heteroatoms. The van der Waals surface area contributed by atoms with Crippen LogP contribution in [-0.2, 0) is 6.54 Å². The van der Waals surface area contributed by atoms with Gasteiger partial charge in [-0.15, -0.1) is 24.0 Å². The van der Waals surface area contributed by atoms with Gasteiger partial charge < -0.3 is 24.4 Å². The summed E-state index contributed by atoms with van der Waals surface area (Å²) in [6, 6.07) is 16.0. The number of halogens is 1. The van der Waals surface area contributed by atoms with Crippen LogP contribution in [0.2, 0.25) is 0 Å². The molecular formula is C23H32IN3O3. The van der Waals surface area contributed by atoms with Crippen molar-refractivity contribution in [2.75, 3.05) is 33.9 Å². The van der Waals surface area contributed by atoms with Crippen LogP contribution >= 0.6 is 24.0 Å². The number of ether oxygens (including phenoxy) is 3. The van der Waals surface area contributed by atoms with Crippen LogP contribution in [0.3, 0.4) is 0 Å². The number of likely N-dealkylation sites (tertiary alicyclic amines) is 1. The van der Waals surface area contributed by atoms with Crippen LogP contribution in [0, 0.1) is 0 Å². The Hall–Kier alpha value is -2.16. The van der Waals surface area contributed by atoms with Crippen LogP contribution in [-0.4, -0.2) is 50.8 Å². The second-order valence-corrected chi connectivity index (χ2v) is 6.98. The standard InChI is InChI=1S/C23H31N3O3.HI/c1-4-24-23(25-17-18-10-11-21(27-2)22(16-18)28-3)26-14-12-20(13-15-26)29-19-8-6-5-7-9-19;/h5-11,16,20H,4,12-15,17H2,1-3H3,(H,24,25);1H. The molecule has 1 aliphatic heterocycles. The van der Waals surface area contributed by atoms with Crippen molar-refractivity contribution >= 4 is 29.9 Å². The van der Waals surface area contributed by atoms with E-state index >= 15 is 0 Å². The summed E-state index contributed by atoms with van der Waals surface area (Å²) in [4.78, 5) is 7.16. The van der Waals surface area contributed by atoms with Gasteiger partial charge >= 0.3 is 0 Å². The minimum atomic E-state index is 0. The molecule has 164 valence electrons. The molecule has 6 nitrogen and oxygen atoms in total. The maximum absolute atomic E-state index is 6.11. The number of nitrogens with zero attached hydrogens (tertiary/aromatic N) is 2. The summed E-state index contributed by atoms with van der Waals surface area (Å²) in [6.45, 7) is 5.37. The van der Waals surface area contributed by atoms with Gasteiger partial charge in [0.2, 0.25) is 0 Å². The van der Waals surface area contributed by atoms with Gasteiger partial charge in [0.05, 0.1) is 20.8 Å². The average Bonchev–Trinajstić information content (AvgIpc) is 2.77. The number of rotatable bonds is 7. The summed E-state index contributed by atoms with van der Waals surface area (Å²) >= 11 is 0. The predicted octanol–water partition coefficient (Wildman–Crippen LogP) is 4.33. The molecule has 1 fully saturated rings. The molecule has 0 spiro atoms. The lowest BCUT2D eigenvalue weighted by Gasteiger charge is -2.34. The first-order valence-electron chi connectivity index (χ1n) is 10.2. The quantitative estimate of drug-likeness (QED) is 0.332. The monoisotopic (exact) mass is 525 g/mol. The largest absolute Gasteiger partial charge is 0.493 e. The number of para-hydroxylation sites is 1. The Morgan fingerprint density at radius 3 is 2.37 bits per heavy atom. The highest BCUT2D eigenvalue weighted by atomic mass is 127. The third kappa shape index (κ3) is 6.68. The fraction of sp³-hybridized carbons (Fsp3) is 0.435. The SMILES string of the molecule is CCNC(=NCc1ccc(OC)c(OC)c1)N1CCC(Oc2ccccc2)CC1.I. The molecular weight excluding hydrogens is 493 g/mol. The summed E-state index contributed by atoms with van der Waals surface area (Å²) in [5.74, 6) is 3.34. The van der Waals surface area contributed by atoms with Gasteiger partial charge in [0.25, 0.3) is 0 Å². The maximum atomic E-state index is 6.11. The number of methoxy groups -OCH3 is 2. The number of piperidine rings is 1. The fourth-order valence-electron chi connectivity index (χ4n) is 3.45. The predicted molar refractivity (Wildman–Crippen MR) is 131 cm³/mol. The zero-order valence-corrected chi connectivity index (χ0v) is 20.3. The van der Waals surface area contributed by atoms with E-state index in [9.17, 15) is 0 Å². The van der Waals surface area contributed by atoms with Crippen LogP contribution in [0.15, 0.2) is 53.5 Å². The topological polar surface area (TPSA) is 55.3 Å². The highest BCUT2D eigenvalue weighted by molar-refractivity contribution is 14.0. The van der Waals surface area contributed by atoms with Crippen molar-refractivity contribution in [3.63, 3.8) is 0 Å². The molecule has 1 N–H and O–H groups in total. The van der Waals surface area contributed by atoms with Crippen LogP contribution in [0.4, 0.5) is 0 Å². The summed E-state index contributed by atoms with van der Waals surface area (Å²) in [6.07, 6.45) is 2.22. The van der Waals surface area contributed by atoms with Crippen LogP contribution in [0.25, 0.3) is 0 Å². The maximum Gasteiger partial charge on any atom is 0.194 e. The van der Waals surface area contributed by atoms with Crippen LogP contribution in [0.5, 0.6) is 17.2 Å². The van der Waals surface area contributed by atoms with E-state index in [0.717, 1.165) is 61.2 Å². The lowest BCUT2D eigenvalue weighted by molar-refractivity contribution is 0.129. The third-order valence-electron chi connectivity index (χ3n) is 4.98. The highest BCUT2D eigenvalue weighted by Gasteiger charge is 2.22. The number of guanidine groups is 1. The molecule has 0 atom stereocenters. The van der Waals surface area contributed by atoms with Crippen molar-refractivity contribution < 1.29 is 14.2 Å². The summed E-state index contributed by atoms with van der Waals surface area (Å²) in [7, 11) is 3.29. The smallest absolute Gasteiger partial charge is 0.194 e. The van der Waals surface area contributed by atoms with Crippen molar-refractivity contribution in [3.8, 4) is 17.2 Å². The molecule has 0 aliphatic carbocycles. The highest BCUT2D eigenvalue weighted by Crippen LogP contribution is 2.28. The third-order valence-corrected chi connectivity index (χ3v) is 4.98. The van der Waals surface area contributed by atoms with E-state index in [4.69, 9.17) is 19.2 Å². The lowest BCUT2D eigenvalue weighted by atomic mass is 10.1. The van der Waals surface area contributed by atoms with E-state index in [1.807, 2.05) is 48.5 Å². The Morgan fingerprint density at radius 1 is 1.03 bits per heavy atom. The first kappa shape index (κ1) is 24.1. The van der Waals surface area contributed by atoms with Gasteiger partial charge in [-0.2, -0.15) is 0 Å². The van der Waals surface area contributed by atoms with E-state index < -0.39 is 0 Å². The Balaban J connectivity index is 0.00000320. The molecule has 0 amide bonds. The number of hydrogen-bond acceptors (Lipinski definition) is 4. The van der Waals surface area contributed by atoms with Gasteiger partial charge in [0.1, 0.15) is 11.9 Å². The van der Waals surface area contributed by atoms with E-state index in [1.54, 1.807) is 14.2 Å². The van der Waals surface area contributed by atoms with Gasteiger partial charge in [0.15, 0.2) is 17.5 Å². The number of hydrogen-bond donors (Lipinski definition) is 1. The van der Waals surface area contributed by atoms with E-state index in [2.05, 4.69) is 17.1 Å². The molecule has 1 aliphatic rings. The van der Waals surface area contributed by atoms with Gasteiger partial charge in [-0.05, 0) is 36.8 Å². The summed E-state index contributed by atoms with van der Waals surface area (Å²) < 4.78 is 16.8. The second-order valence-electron chi connectivity index (χ2n) is 6.98. The first-order chi connectivity index (χ1) is 14.2. The molecule has 1 saturated heterocycles. The molecule has 3 rings (SSSR count). The minimum absolute atomic E-state index is 0. The van der Waals surface area contributed by atoms with Crippen molar-refractivity contribution in [1.82, 2.24) is 10.2 Å². The second kappa shape index (κ2) is 12.5. The van der Waals surface area contributed by atoms with Crippen molar-refractivity contribution in [2.45, 2.75) is 32.4 Å². The fourth-order valence-corrected chi connectivity index (χ4v) is 3.45. The van der Waals surface area contributed by atoms with Crippen molar-refractivity contribution in [2.24, 2.45) is 4.99 Å². The Labute approximate surface area is 196 Å².